The first kappa shape index (κ1) is 21.2. The van der Waals surface area contributed by atoms with Crippen molar-refractivity contribution in [3.8, 4) is 33.9 Å². The van der Waals surface area contributed by atoms with E-state index in [1.165, 1.54) is 14.2 Å². The summed E-state index contributed by atoms with van der Waals surface area (Å²) in [5, 5.41) is 8.55. The van der Waals surface area contributed by atoms with E-state index in [9.17, 15) is 18.0 Å². The summed E-state index contributed by atoms with van der Waals surface area (Å²) in [6.45, 7) is -1.47. The molecule has 3 heterocycles. The molecule has 0 saturated heterocycles. The summed E-state index contributed by atoms with van der Waals surface area (Å²) in [5.74, 6) is -0.807. The van der Waals surface area contributed by atoms with Gasteiger partial charge in [-0.25, -0.2) is 4.98 Å². The molecule has 8 nitrogen and oxygen atoms in total. The van der Waals surface area contributed by atoms with Crippen LogP contribution in [0, 0.1) is 0 Å². The maximum Gasteiger partial charge on any atom is 0.405 e. The third kappa shape index (κ3) is 4.09. The molecule has 32 heavy (non-hydrogen) atoms. The van der Waals surface area contributed by atoms with Gasteiger partial charge in [-0.1, -0.05) is 0 Å². The molecule has 166 valence electrons. The van der Waals surface area contributed by atoms with E-state index in [-0.39, 0.29) is 17.1 Å². The zero-order valence-electron chi connectivity index (χ0n) is 17.0. The van der Waals surface area contributed by atoms with Crippen molar-refractivity contribution < 1.29 is 27.4 Å². The fourth-order valence-electron chi connectivity index (χ4n) is 3.33. The number of H-pyrrole nitrogens is 1. The van der Waals surface area contributed by atoms with E-state index < -0.39 is 18.6 Å². The minimum atomic E-state index is -4.54. The van der Waals surface area contributed by atoms with Crippen LogP contribution < -0.4 is 14.8 Å². The quantitative estimate of drug-likeness (QED) is 0.472. The predicted molar refractivity (Wildman–Crippen MR) is 110 cm³/mol. The lowest BCUT2D eigenvalue weighted by atomic mass is 10.1. The topological polar surface area (TPSA) is 93.5 Å². The third-order valence-corrected chi connectivity index (χ3v) is 4.82. The fourth-order valence-corrected chi connectivity index (χ4v) is 3.33. The van der Waals surface area contributed by atoms with Gasteiger partial charge in [-0.15, -0.1) is 0 Å². The number of alkyl halides is 3. The highest BCUT2D eigenvalue weighted by Crippen LogP contribution is 2.36. The largest absolute Gasteiger partial charge is 0.496 e. The molecular weight excluding hydrogens is 427 g/mol. The van der Waals surface area contributed by atoms with Gasteiger partial charge in [0.2, 0.25) is 0 Å². The molecule has 1 amide bonds. The summed E-state index contributed by atoms with van der Waals surface area (Å²) >= 11 is 0. The molecule has 11 heteroatoms. The molecule has 0 aliphatic carbocycles. The molecule has 0 spiro atoms. The molecule has 0 aliphatic heterocycles. The Bertz CT molecular complexity index is 1240. The number of hydrogen-bond acceptors (Lipinski definition) is 5. The number of nitrogens with zero attached hydrogens (tertiary/aromatic N) is 3. The minimum absolute atomic E-state index is 0.0731. The normalized spacial score (nSPS) is 11.5. The van der Waals surface area contributed by atoms with Gasteiger partial charge in [0, 0.05) is 23.5 Å². The van der Waals surface area contributed by atoms with Crippen molar-refractivity contribution in [2.45, 2.75) is 6.18 Å². The Morgan fingerprint density at radius 1 is 1.09 bits per heavy atom. The van der Waals surface area contributed by atoms with Crippen LogP contribution in [0.2, 0.25) is 0 Å². The number of aromatic amines is 1. The second-order valence-corrected chi connectivity index (χ2v) is 6.83. The van der Waals surface area contributed by atoms with E-state index in [0.29, 0.717) is 16.9 Å². The van der Waals surface area contributed by atoms with Crippen LogP contribution in [0.3, 0.4) is 0 Å². The van der Waals surface area contributed by atoms with E-state index in [1.54, 1.807) is 30.7 Å². The standard InChI is InChI=1S/C21H18F3N5O3/c1-31-16-5-13(6-17(32-2)19(16)20(30)26-11-21(22,23)24)15-10-25-18-7-12(3-4-29(15)18)14-8-27-28-9-14/h3-10H,11H2,1-2H3,(H,26,30)(H,27,28). The van der Waals surface area contributed by atoms with Gasteiger partial charge in [0.25, 0.3) is 5.91 Å². The minimum Gasteiger partial charge on any atom is -0.496 e. The zero-order chi connectivity index (χ0) is 22.9. The van der Waals surface area contributed by atoms with Crippen LogP contribution >= 0.6 is 0 Å². The van der Waals surface area contributed by atoms with Crippen LogP contribution in [-0.4, -0.2) is 52.4 Å². The SMILES string of the molecule is COc1cc(-c2cnc3cc(-c4cn[nH]c4)ccn23)cc(OC)c1C(=O)NCC(F)(F)F. The molecule has 0 unspecified atom stereocenters. The van der Waals surface area contributed by atoms with Gasteiger partial charge in [0.05, 0.1) is 32.3 Å². The van der Waals surface area contributed by atoms with Crippen molar-refractivity contribution in [2.75, 3.05) is 20.8 Å². The number of fused-ring (bicyclic) bond motifs is 1. The lowest BCUT2D eigenvalue weighted by Crippen LogP contribution is -2.34. The fraction of sp³-hybridized carbons (Fsp3) is 0.190. The number of carbonyl (C=O) groups excluding carboxylic acids is 1. The number of methoxy groups -OCH3 is 2. The number of aromatic nitrogens is 4. The number of rotatable bonds is 6. The lowest BCUT2D eigenvalue weighted by molar-refractivity contribution is -0.123. The number of amides is 1. The number of pyridine rings is 1. The van der Waals surface area contributed by atoms with Crippen LogP contribution in [0.5, 0.6) is 11.5 Å². The number of imidazole rings is 1. The van der Waals surface area contributed by atoms with E-state index >= 15 is 0 Å². The lowest BCUT2D eigenvalue weighted by Gasteiger charge is -2.16. The Balaban J connectivity index is 1.74. The van der Waals surface area contributed by atoms with Crippen LogP contribution in [0.1, 0.15) is 10.4 Å². The van der Waals surface area contributed by atoms with Gasteiger partial charge in [-0.05, 0) is 29.8 Å². The van der Waals surface area contributed by atoms with Gasteiger partial charge < -0.3 is 14.8 Å². The van der Waals surface area contributed by atoms with Crippen molar-refractivity contribution >= 4 is 11.6 Å². The molecule has 0 radical (unpaired) electrons. The molecule has 1 aromatic carbocycles. The molecule has 2 N–H and O–H groups in total. The Labute approximate surface area is 180 Å². The van der Waals surface area contributed by atoms with Crippen molar-refractivity contribution in [1.29, 1.82) is 0 Å². The van der Waals surface area contributed by atoms with E-state index in [1.807, 2.05) is 28.0 Å². The maximum absolute atomic E-state index is 12.5. The first-order chi connectivity index (χ1) is 15.3. The zero-order valence-corrected chi connectivity index (χ0v) is 17.0. The van der Waals surface area contributed by atoms with Crippen molar-refractivity contribution in [2.24, 2.45) is 0 Å². The highest BCUT2D eigenvalue weighted by molar-refractivity contribution is 6.00. The molecule has 3 aromatic heterocycles. The summed E-state index contributed by atoms with van der Waals surface area (Å²) in [6.07, 6.45) is 2.42. The summed E-state index contributed by atoms with van der Waals surface area (Å²) in [4.78, 5) is 16.9. The smallest absolute Gasteiger partial charge is 0.405 e. The second kappa shape index (κ2) is 8.25. The molecule has 0 fully saturated rings. The van der Waals surface area contributed by atoms with Crippen molar-refractivity contribution in [3.63, 3.8) is 0 Å². The van der Waals surface area contributed by atoms with Crippen LogP contribution in [-0.2, 0) is 0 Å². The van der Waals surface area contributed by atoms with Gasteiger partial charge in [0.15, 0.2) is 0 Å². The summed E-state index contributed by atoms with van der Waals surface area (Å²) in [6, 6.07) is 6.90. The maximum atomic E-state index is 12.5. The molecule has 4 aromatic rings. The van der Waals surface area contributed by atoms with E-state index in [0.717, 1.165) is 11.1 Å². The van der Waals surface area contributed by atoms with Gasteiger partial charge >= 0.3 is 6.18 Å². The number of benzene rings is 1. The Morgan fingerprint density at radius 2 is 1.81 bits per heavy atom. The Kier molecular flexibility index (Phi) is 5.47. The highest BCUT2D eigenvalue weighted by Gasteiger charge is 2.30. The molecular formula is C21H18F3N5O3. The third-order valence-electron chi connectivity index (χ3n) is 4.82. The molecule has 0 saturated carbocycles. The predicted octanol–water partition coefficient (Wildman–Crippen LogP) is 3.70. The monoisotopic (exact) mass is 445 g/mol. The Hall–Kier alpha value is -4.02. The van der Waals surface area contributed by atoms with Gasteiger partial charge in [-0.3, -0.25) is 14.3 Å². The average Bonchev–Trinajstić information content (AvgIpc) is 3.45. The summed E-state index contributed by atoms with van der Waals surface area (Å²) in [5.41, 5.74) is 3.67. The van der Waals surface area contributed by atoms with Gasteiger partial charge in [0.1, 0.15) is 29.3 Å². The van der Waals surface area contributed by atoms with Crippen LogP contribution in [0.15, 0.2) is 49.1 Å². The van der Waals surface area contributed by atoms with Crippen molar-refractivity contribution in [1.82, 2.24) is 24.9 Å². The van der Waals surface area contributed by atoms with Crippen LogP contribution in [0.4, 0.5) is 13.2 Å². The molecule has 0 bridgehead atoms. The Morgan fingerprint density at radius 3 is 2.41 bits per heavy atom. The number of nitrogens with one attached hydrogen (secondary N) is 2. The highest BCUT2D eigenvalue weighted by atomic mass is 19.4. The first-order valence-electron chi connectivity index (χ1n) is 9.38. The van der Waals surface area contributed by atoms with Gasteiger partial charge in [-0.2, -0.15) is 18.3 Å². The molecule has 0 atom stereocenters. The summed E-state index contributed by atoms with van der Waals surface area (Å²) in [7, 11) is 2.65. The average molecular weight is 445 g/mol. The number of carbonyl (C=O) groups is 1. The van der Waals surface area contributed by atoms with E-state index in [4.69, 9.17) is 9.47 Å². The molecule has 4 rings (SSSR count). The first-order valence-corrected chi connectivity index (χ1v) is 9.38. The van der Waals surface area contributed by atoms with E-state index in [2.05, 4.69) is 15.2 Å². The number of ether oxygens (including phenoxy) is 2. The summed E-state index contributed by atoms with van der Waals surface area (Å²) < 4.78 is 50.0. The van der Waals surface area contributed by atoms with Crippen LogP contribution in [0.25, 0.3) is 28.0 Å². The molecule has 0 aliphatic rings. The van der Waals surface area contributed by atoms with Crippen molar-refractivity contribution in [3.05, 3.63) is 54.6 Å². The number of halogens is 3. The second-order valence-electron chi connectivity index (χ2n) is 6.83. The number of hydrogen-bond donors (Lipinski definition) is 2.